The lowest BCUT2D eigenvalue weighted by atomic mass is 10.1. The number of rotatable bonds is 4. The van der Waals surface area contributed by atoms with Gasteiger partial charge in [-0.25, -0.2) is 9.59 Å². The molecule has 1 aliphatic rings. The van der Waals surface area contributed by atoms with Crippen LogP contribution in [0.5, 0.6) is 5.75 Å². The van der Waals surface area contributed by atoms with Gasteiger partial charge in [0.2, 0.25) is 0 Å². The van der Waals surface area contributed by atoms with Gasteiger partial charge in [-0.2, -0.15) is 0 Å². The minimum Gasteiger partial charge on any atom is -0.484 e. The van der Waals surface area contributed by atoms with E-state index < -0.39 is 17.3 Å². The van der Waals surface area contributed by atoms with Crippen LogP contribution in [0.2, 0.25) is 0 Å². The van der Waals surface area contributed by atoms with Crippen molar-refractivity contribution in [3.05, 3.63) is 40.8 Å². The molecule has 29 heavy (non-hydrogen) atoms. The summed E-state index contributed by atoms with van der Waals surface area (Å²) in [6.07, 6.45) is 0.881. The van der Waals surface area contributed by atoms with Gasteiger partial charge in [0.1, 0.15) is 16.9 Å². The zero-order valence-corrected chi connectivity index (χ0v) is 16.9. The number of hydrogen-bond acceptors (Lipinski definition) is 6. The van der Waals surface area contributed by atoms with Crippen molar-refractivity contribution in [3.8, 4) is 5.75 Å². The van der Waals surface area contributed by atoms with Gasteiger partial charge in [-0.1, -0.05) is 0 Å². The lowest BCUT2D eigenvalue weighted by Crippen LogP contribution is -2.48. The van der Waals surface area contributed by atoms with Crippen LogP contribution >= 0.6 is 0 Å². The Labute approximate surface area is 168 Å². The predicted octanol–water partition coefficient (Wildman–Crippen LogP) is 2.69. The largest absolute Gasteiger partial charge is 0.484 e. The second-order valence-corrected chi connectivity index (χ2v) is 8.04. The van der Waals surface area contributed by atoms with Crippen LogP contribution in [0.4, 0.5) is 4.79 Å². The smallest absolute Gasteiger partial charge is 0.407 e. The molecule has 1 fully saturated rings. The highest BCUT2D eigenvalue weighted by atomic mass is 16.6. The standard InChI is InChI=1S/C21H26N2O6/c1-21(2,3)29-20(26)22-15-8-10-23(11-9-15)18(24)13-27-16-6-4-14-5-7-19(25)28-17(14)12-16/h4-7,12,15H,8-11,13H2,1-3H3,(H,22,26). The first-order valence-electron chi connectivity index (χ1n) is 9.64. The molecule has 8 nitrogen and oxygen atoms in total. The van der Waals surface area contributed by atoms with E-state index in [9.17, 15) is 14.4 Å². The van der Waals surface area contributed by atoms with Crippen LogP contribution in [0.1, 0.15) is 33.6 Å². The summed E-state index contributed by atoms with van der Waals surface area (Å²) in [5.41, 5.74) is -0.561. The van der Waals surface area contributed by atoms with Gasteiger partial charge < -0.3 is 24.1 Å². The maximum Gasteiger partial charge on any atom is 0.407 e. The zero-order valence-electron chi connectivity index (χ0n) is 16.9. The number of amides is 2. The van der Waals surface area contributed by atoms with Crippen LogP contribution in [-0.4, -0.2) is 48.2 Å². The van der Waals surface area contributed by atoms with E-state index in [1.54, 1.807) is 29.2 Å². The molecule has 0 saturated carbocycles. The molecule has 1 aromatic heterocycles. The lowest BCUT2D eigenvalue weighted by molar-refractivity contribution is -0.134. The second kappa shape index (κ2) is 8.55. The molecule has 2 aromatic rings. The number of alkyl carbamates (subject to hydrolysis) is 1. The van der Waals surface area contributed by atoms with E-state index in [1.807, 2.05) is 20.8 Å². The van der Waals surface area contributed by atoms with Crippen molar-refractivity contribution < 1.29 is 23.5 Å². The van der Waals surface area contributed by atoms with E-state index in [1.165, 1.54) is 6.07 Å². The Bertz CT molecular complexity index is 938. The third-order valence-corrected chi connectivity index (χ3v) is 4.53. The Morgan fingerprint density at radius 1 is 1.17 bits per heavy atom. The van der Waals surface area contributed by atoms with E-state index in [-0.39, 0.29) is 18.6 Å². The second-order valence-electron chi connectivity index (χ2n) is 8.04. The van der Waals surface area contributed by atoms with Crippen LogP contribution in [0, 0.1) is 0 Å². The van der Waals surface area contributed by atoms with Gasteiger partial charge in [0, 0.05) is 36.7 Å². The summed E-state index contributed by atoms with van der Waals surface area (Å²) in [4.78, 5) is 37.3. The van der Waals surface area contributed by atoms with Gasteiger partial charge in [0.25, 0.3) is 5.91 Å². The Morgan fingerprint density at radius 2 is 1.86 bits per heavy atom. The Balaban J connectivity index is 1.46. The third-order valence-electron chi connectivity index (χ3n) is 4.53. The van der Waals surface area contributed by atoms with Gasteiger partial charge in [0.15, 0.2) is 6.61 Å². The highest BCUT2D eigenvalue weighted by molar-refractivity contribution is 5.79. The normalized spacial score (nSPS) is 15.2. The molecular weight excluding hydrogens is 376 g/mol. The summed E-state index contributed by atoms with van der Waals surface area (Å²) in [5.74, 6) is 0.331. The molecule has 1 saturated heterocycles. The van der Waals surface area contributed by atoms with Crippen molar-refractivity contribution in [2.45, 2.75) is 45.3 Å². The summed E-state index contributed by atoms with van der Waals surface area (Å²) in [6, 6.07) is 8.11. The van der Waals surface area contributed by atoms with Gasteiger partial charge in [-0.15, -0.1) is 0 Å². The Morgan fingerprint density at radius 3 is 2.55 bits per heavy atom. The molecule has 1 N–H and O–H groups in total. The number of carbonyl (C=O) groups excluding carboxylic acids is 2. The average molecular weight is 402 g/mol. The van der Waals surface area contributed by atoms with Crippen LogP contribution in [0.25, 0.3) is 11.0 Å². The number of carbonyl (C=O) groups is 2. The minimum absolute atomic E-state index is 0.0156. The van der Waals surface area contributed by atoms with Crippen molar-refractivity contribution >= 4 is 23.0 Å². The summed E-state index contributed by atoms with van der Waals surface area (Å²) >= 11 is 0. The summed E-state index contributed by atoms with van der Waals surface area (Å²) in [6.45, 7) is 6.42. The topological polar surface area (TPSA) is 98.1 Å². The fraction of sp³-hybridized carbons (Fsp3) is 0.476. The van der Waals surface area contributed by atoms with Crippen molar-refractivity contribution in [1.29, 1.82) is 0 Å². The van der Waals surface area contributed by atoms with E-state index in [4.69, 9.17) is 13.9 Å². The number of fused-ring (bicyclic) bond motifs is 1. The Hall–Kier alpha value is -3.03. The first-order chi connectivity index (χ1) is 13.7. The molecule has 156 valence electrons. The zero-order chi connectivity index (χ0) is 21.0. The number of nitrogens with zero attached hydrogens (tertiary/aromatic N) is 1. The number of likely N-dealkylation sites (tertiary alicyclic amines) is 1. The van der Waals surface area contributed by atoms with Crippen molar-refractivity contribution in [2.24, 2.45) is 0 Å². The van der Waals surface area contributed by atoms with Gasteiger partial charge in [-0.05, 0) is 51.8 Å². The van der Waals surface area contributed by atoms with Gasteiger partial charge in [0.05, 0.1) is 0 Å². The van der Waals surface area contributed by atoms with Crippen LogP contribution < -0.4 is 15.7 Å². The van der Waals surface area contributed by atoms with Crippen molar-refractivity contribution in [3.63, 3.8) is 0 Å². The first-order valence-corrected chi connectivity index (χ1v) is 9.64. The molecular formula is C21H26N2O6. The maximum absolute atomic E-state index is 12.4. The quantitative estimate of drug-likeness (QED) is 0.790. The number of nitrogens with one attached hydrogen (secondary N) is 1. The van der Waals surface area contributed by atoms with Gasteiger partial charge >= 0.3 is 11.7 Å². The molecule has 2 heterocycles. The third kappa shape index (κ3) is 5.97. The van der Waals surface area contributed by atoms with E-state index in [0.29, 0.717) is 37.3 Å². The molecule has 0 radical (unpaired) electrons. The monoisotopic (exact) mass is 402 g/mol. The number of benzene rings is 1. The molecule has 3 rings (SSSR count). The molecule has 0 unspecified atom stereocenters. The molecule has 1 aliphatic heterocycles. The van der Waals surface area contributed by atoms with E-state index >= 15 is 0 Å². The molecule has 0 atom stereocenters. The molecule has 0 bridgehead atoms. The SMILES string of the molecule is CC(C)(C)OC(=O)NC1CCN(C(=O)COc2ccc3ccc(=O)oc3c2)CC1. The Kier molecular flexibility index (Phi) is 6.10. The molecule has 2 amide bonds. The molecule has 0 spiro atoms. The highest BCUT2D eigenvalue weighted by Gasteiger charge is 2.26. The van der Waals surface area contributed by atoms with E-state index in [0.717, 1.165) is 5.39 Å². The highest BCUT2D eigenvalue weighted by Crippen LogP contribution is 2.20. The first kappa shape index (κ1) is 20.7. The van der Waals surface area contributed by atoms with Gasteiger partial charge in [-0.3, -0.25) is 4.79 Å². The number of piperidine rings is 1. The van der Waals surface area contributed by atoms with Crippen LogP contribution in [-0.2, 0) is 9.53 Å². The van der Waals surface area contributed by atoms with Crippen molar-refractivity contribution in [1.82, 2.24) is 10.2 Å². The fourth-order valence-electron chi connectivity index (χ4n) is 3.11. The molecule has 0 aliphatic carbocycles. The molecule has 1 aromatic carbocycles. The van der Waals surface area contributed by atoms with Crippen molar-refractivity contribution in [2.75, 3.05) is 19.7 Å². The summed E-state index contributed by atoms with van der Waals surface area (Å²) < 4.78 is 16.0. The number of hydrogen-bond donors (Lipinski definition) is 1. The van der Waals surface area contributed by atoms with Crippen LogP contribution in [0.15, 0.2) is 39.5 Å². The fourth-order valence-corrected chi connectivity index (χ4v) is 3.11. The van der Waals surface area contributed by atoms with Crippen LogP contribution in [0.3, 0.4) is 0 Å². The van der Waals surface area contributed by atoms with E-state index in [2.05, 4.69) is 5.32 Å². The maximum atomic E-state index is 12.4. The minimum atomic E-state index is -0.538. The summed E-state index contributed by atoms with van der Waals surface area (Å²) in [5, 5.41) is 3.63. The lowest BCUT2D eigenvalue weighted by Gasteiger charge is -2.32. The molecule has 8 heteroatoms. The predicted molar refractivity (Wildman–Crippen MR) is 107 cm³/mol. The number of ether oxygens (including phenoxy) is 2. The average Bonchev–Trinajstić information content (AvgIpc) is 2.64. The summed E-state index contributed by atoms with van der Waals surface area (Å²) in [7, 11) is 0.